The molecule has 2 aromatic rings. The van der Waals surface area contributed by atoms with Crippen molar-refractivity contribution in [2.75, 3.05) is 19.6 Å². The monoisotopic (exact) mass is 339 g/mol. The third-order valence-corrected chi connectivity index (χ3v) is 4.57. The van der Waals surface area contributed by atoms with Crippen molar-refractivity contribution in [3.8, 4) is 5.75 Å². The third kappa shape index (κ3) is 5.61. The Balaban J connectivity index is 1.45. The second-order valence-electron chi connectivity index (χ2n) is 6.63. The van der Waals surface area contributed by atoms with Crippen molar-refractivity contribution in [2.24, 2.45) is 0 Å². The number of ether oxygens (including phenoxy) is 1. The number of benzene rings is 2. The van der Waals surface area contributed by atoms with E-state index in [1.54, 1.807) is 0 Å². The Labute approximate surface area is 149 Å². The van der Waals surface area contributed by atoms with Gasteiger partial charge >= 0.3 is 5.97 Å². The van der Waals surface area contributed by atoms with Crippen LogP contribution in [0.5, 0.6) is 5.75 Å². The number of carbonyl (C=O) groups is 1. The standard InChI is InChI=1S/C21H25NO3/c23-21(24)7-4-13-22-14-12-20(16-22)25-19-10-8-18(9-11-19)15-17-5-2-1-3-6-17/h1-3,5-6,8-11,20H,4,7,12-16H2,(H,23,24). The second-order valence-corrected chi connectivity index (χ2v) is 6.63. The Kier molecular flexibility index (Phi) is 6.07. The number of nitrogens with zero attached hydrogens (tertiary/aromatic N) is 1. The first-order valence-electron chi connectivity index (χ1n) is 8.93. The quantitative estimate of drug-likeness (QED) is 0.798. The van der Waals surface area contributed by atoms with Crippen LogP contribution in [0.3, 0.4) is 0 Å². The lowest BCUT2D eigenvalue weighted by Gasteiger charge is -2.16. The van der Waals surface area contributed by atoms with Gasteiger partial charge in [0.15, 0.2) is 0 Å². The summed E-state index contributed by atoms with van der Waals surface area (Å²) in [6.07, 6.45) is 3.08. The SMILES string of the molecule is O=C(O)CCCN1CCC(Oc2ccc(Cc3ccccc3)cc2)C1. The van der Waals surface area contributed by atoms with Crippen LogP contribution in [-0.2, 0) is 11.2 Å². The molecule has 0 aliphatic carbocycles. The fraction of sp³-hybridized carbons (Fsp3) is 0.381. The Morgan fingerprint density at radius 1 is 1.08 bits per heavy atom. The molecule has 0 saturated carbocycles. The van der Waals surface area contributed by atoms with E-state index >= 15 is 0 Å². The fourth-order valence-corrected chi connectivity index (χ4v) is 3.26. The summed E-state index contributed by atoms with van der Waals surface area (Å²) in [4.78, 5) is 12.9. The zero-order chi connectivity index (χ0) is 17.5. The lowest BCUT2D eigenvalue weighted by Crippen LogP contribution is -2.26. The molecule has 1 atom stereocenters. The zero-order valence-electron chi connectivity index (χ0n) is 14.4. The third-order valence-electron chi connectivity index (χ3n) is 4.57. The highest BCUT2D eigenvalue weighted by molar-refractivity contribution is 5.66. The molecular weight excluding hydrogens is 314 g/mol. The first kappa shape index (κ1) is 17.5. The summed E-state index contributed by atoms with van der Waals surface area (Å²) in [6.45, 7) is 2.70. The maximum absolute atomic E-state index is 10.6. The molecule has 1 saturated heterocycles. The minimum Gasteiger partial charge on any atom is -0.489 e. The van der Waals surface area contributed by atoms with Crippen molar-refractivity contribution >= 4 is 5.97 Å². The Morgan fingerprint density at radius 3 is 2.52 bits per heavy atom. The number of carboxylic acids is 1. The number of hydrogen-bond donors (Lipinski definition) is 1. The van der Waals surface area contributed by atoms with E-state index in [1.165, 1.54) is 11.1 Å². The molecule has 1 heterocycles. The highest BCUT2D eigenvalue weighted by Gasteiger charge is 2.23. The molecular formula is C21H25NO3. The van der Waals surface area contributed by atoms with Crippen LogP contribution in [-0.4, -0.2) is 41.7 Å². The van der Waals surface area contributed by atoms with Gasteiger partial charge in [-0.15, -0.1) is 0 Å². The van der Waals surface area contributed by atoms with Gasteiger partial charge in [0.05, 0.1) is 0 Å². The molecule has 1 aliphatic heterocycles. The lowest BCUT2D eigenvalue weighted by molar-refractivity contribution is -0.137. The van der Waals surface area contributed by atoms with Gasteiger partial charge in [-0.05, 0) is 49.1 Å². The summed E-state index contributed by atoms with van der Waals surface area (Å²) in [5.74, 6) is 0.191. The number of likely N-dealkylation sites (tertiary alicyclic amines) is 1. The van der Waals surface area contributed by atoms with Crippen molar-refractivity contribution in [2.45, 2.75) is 31.8 Å². The predicted octanol–water partition coefficient (Wildman–Crippen LogP) is 3.60. The van der Waals surface area contributed by atoms with Gasteiger partial charge in [-0.2, -0.15) is 0 Å². The molecule has 3 rings (SSSR count). The topological polar surface area (TPSA) is 49.8 Å². The number of hydrogen-bond acceptors (Lipinski definition) is 3. The first-order valence-corrected chi connectivity index (χ1v) is 8.93. The van der Waals surface area contributed by atoms with E-state index in [9.17, 15) is 4.79 Å². The molecule has 2 aromatic carbocycles. The summed E-state index contributed by atoms with van der Waals surface area (Å²) in [6, 6.07) is 18.8. The van der Waals surface area contributed by atoms with Crippen LogP contribution in [0.4, 0.5) is 0 Å². The summed E-state index contributed by atoms with van der Waals surface area (Å²) in [5, 5.41) is 8.71. The molecule has 0 radical (unpaired) electrons. The molecule has 0 aromatic heterocycles. The Bertz CT molecular complexity index is 669. The maximum atomic E-state index is 10.6. The van der Waals surface area contributed by atoms with Crippen molar-refractivity contribution in [1.29, 1.82) is 0 Å². The predicted molar refractivity (Wildman–Crippen MR) is 98.0 cm³/mol. The smallest absolute Gasteiger partial charge is 0.303 e. The van der Waals surface area contributed by atoms with Gasteiger partial charge in [0.1, 0.15) is 11.9 Å². The highest BCUT2D eigenvalue weighted by Crippen LogP contribution is 2.20. The summed E-state index contributed by atoms with van der Waals surface area (Å²) >= 11 is 0. The first-order chi connectivity index (χ1) is 12.2. The number of carboxylic acid groups (broad SMARTS) is 1. The van der Waals surface area contributed by atoms with E-state index in [4.69, 9.17) is 9.84 Å². The minimum absolute atomic E-state index is 0.199. The van der Waals surface area contributed by atoms with E-state index in [0.717, 1.165) is 38.2 Å². The Hall–Kier alpha value is -2.33. The largest absolute Gasteiger partial charge is 0.489 e. The van der Waals surface area contributed by atoms with Gasteiger partial charge in [0, 0.05) is 19.5 Å². The van der Waals surface area contributed by atoms with E-state index in [2.05, 4.69) is 41.3 Å². The van der Waals surface area contributed by atoms with E-state index in [1.807, 2.05) is 18.2 Å². The molecule has 0 amide bonds. The highest BCUT2D eigenvalue weighted by atomic mass is 16.5. The van der Waals surface area contributed by atoms with Gasteiger partial charge < -0.3 is 9.84 Å². The van der Waals surface area contributed by atoms with Gasteiger partial charge in [0.25, 0.3) is 0 Å². The van der Waals surface area contributed by atoms with E-state index < -0.39 is 5.97 Å². The maximum Gasteiger partial charge on any atom is 0.303 e. The van der Waals surface area contributed by atoms with Gasteiger partial charge in [0.2, 0.25) is 0 Å². The van der Waals surface area contributed by atoms with Crippen molar-refractivity contribution < 1.29 is 14.6 Å². The molecule has 25 heavy (non-hydrogen) atoms. The molecule has 1 fully saturated rings. The van der Waals surface area contributed by atoms with Crippen LogP contribution in [0, 0.1) is 0 Å². The van der Waals surface area contributed by atoms with Crippen LogP contribution in [0.25, 0.3) is 0 Å². The van der Waals surface area contributed by atoms with Gasteiger partial charge in [-0.3, -0.25) is 9.69 Å². The molecule has 1 unspecified atom stereocenters. The van der Waals surface area contributed by atoms with Crippen molar-refractivity contribution in [1.82, 2.24) is 4.90 Å². The van der Waals surface area contributed by atoms with E-state index in [-0.39, 0.29) is 12.5 Å². The molecule has 132 valence electrons. The lowest BCUT2D eigenvalue weighted by atomic mass is 10.1. The summed E-state index contributed by atoms with van der Waals surface area (Å²) in [5.41, 5.74) is 2.59. The van der Waals surface area contributed by atoms with Crippen LogP contribution < -0.4 is 4.74 Å². The summed E-state index contributed by atoms with van der Waals surface area (Å²) in [7, 11) is 0. The molecule has 0 spiro atoms. The number of aliphatic carboxylic acids is 1. The Morgan fingerprint density at radius 2 is 1.80 bits per heavy atom. The molecule has 1 aliphatic rings. The zero-order valence-corrected chi connectivity index (χ0v) is 14.4. The average Bonchev–Trinajstić information content (AvgIpc) is 3.05. The van der Waals surface area contributed by atoms with E-state index in [0.29, 0.717) is 6.42 Å². The van der Waals surface area contributed by atoms with Crippen LogP contribution in [0.15, 0.2) is 54.6 Å². The van der Waals surface area contributed by atoms with Crippen LogP contribution >= 0.6 is 0 Å². The average molecular weight is 339 g/mol. The van der Waals surface area contributed by atoms with Gasteiger partial charge in [-0.1, -0.05) is 42.5 Å². The van der Waals surface area contributed by atoms with Crippen molar-refractivity contribution in [3.05, 3.63) is 65.7 Å². The fourth-order valence-electron chi connectivity index (χ4n) is 3.26. The molecule has 1 N–H and O–H groups in total. The van der Waals surface area contributed by atoms with Crippen molar-refractivity contribution in [3.63, 3.8) is 0 Å². The second kappa shape index (κ2) is 8.67. The molecule has 4 heteroatoms. The minimum atomic E-state index is -0.720. The number of rotatable bonds is 8. The van der Waals surface area contributed by atoms with Crippen LogP contribution in [0.1, 0.15) is 30.4 Å². The van der Waals surface area contributed by atoms with Gasteiger partial charge in [-0.25, -0.2) is 0 Å². The normalized spacial score (nSPS) is 17.5. The molecule has 4 nitrogen and oxygen atoms in total. The molecule has 0 bridgehead atoms. The van der Waals surface area contributed by atoms with Crippen LogP contribution in [0.2, 0.25) is 0 Å². The summed E-state index contributed by atoms with van der Waals surface area (Å²) < 4.78 is 6.08.